The van der Waals surface area contributed by atoms with Gasteiger partial charge >= 0.3 is 0 Å². The Bertz CT molecular complexity index is 1050. The first-order valence-corrected chi connectivity index (χ1v) is 10.2. The highest BCUT2D eigenvalue weighted by atomic mass is 35.5. The van der Waals surface area contributed by atoms with Crippen LogP contribution in [0.1, 0.15) is 32.6 Å². The molecule has 1 aliphatic rings. The van der Waals surface area contributed by atoms with Crippen LogP contribution in [0.3, 0.4) is 0 Å². The molecule has 0 fully saturated rings. The van der Waals surface area contributed by atoms with E-state index in [1.54, 1.807) is 30.0 Å². The Morgan fingerprint density at radius 1 is 1.30 bits per heavy atom. The number of nitrogens with zero attached hydrogens (tertiary/aromatic N) is 2. The minimum absolute atomic E-state index is 0.138. The summed E-state index contributed by atoms with van der Waals surface area (Å²) in [7, 11) is 0. The number of hydrogen-bond acceptors (Lipinski definition) is 5. The third-order valence-corrected chi connectivity index (χ3v) is 5.34. The second kappa shape index (κ2) is 8.85. The SMILES string of the molecule is CCN(CC)C(=O)C1=C(C)NC(=S)N[C@@H]1c1ccc(-c2ccc(Cl)cc2[N+](=O)[O-])o1. The van der Waals surface area contributed by atoms with Gasteiger partial charge in [-0.2, -0.15) is 0 Å². The summed E-state index contributed by atoms with van der Waals surface area (Å²) in [5.74, 6) is 0.584. The van der Waals surface area contributed by atoms with E-state index in [0.717, 1.165) is 0 Å². The predicted octanol–water partition coefficient (Wildman–Crippen LogP) is 4.17. The number of thiocarbonyl (C=S) groups is 1. The fourth-order valence-electron chi connectivity index (χ4n) is 3.39. The van der Waals surface area contributed by atoms with Gasteiger partial charge in [-0.25, -0.2) is 0 Å². The summed E-state index contributed by atoms with van der Waals surface area (Å²) in [5.41, 5.74) is 1.25. The van der Waals surface area contributed by atoms with E-state index in [4.69, 9.17) is 28.2 Å². The molecule has 3 rings (SSSR count). The Hall–Kier alpha value is -2.91. The molecule has 0 radical (unpaired) electrons. The number of halogens is 1. The second-order valence-electron chi connectivity index (χ2n) is 6.67. The maximum absolute atomic E-state index is 13.1. The van der Waals surface area contributed by atoms with Crippen molar-refractivity contribution in [2.75, 3.05) is 13.1 Å². The highest BCUT2D eigenvalue weighted by Crippen LogP contribution is 2.36. The number of benzene rings is 1. The van der Waals surface area contributed by atoms with Gasteiger partial charge in [-0.3, -0.25) is 14.9 Å². The van der Waals surface area contributed by atoms with Crippen molar-refractivity contribution in [3.05, 3.63) is 62.5 Å². The van der Waals surface area contributed by atoms with Gasteiger partial charge in [0.15, 0.2) is 5.11 Å². The monoisotopic (exact) mass is 448 g/mol. The maximum atomic E-state index is 13.1. The zero-order valence-corrected chi connectivity index (χ0v) is 18.3. The molecule has 0 bridgehead atoms. The number of rotatable bonds is 6. The van der Waals surface area contributed by atoms with Crippen LogP contribution < -0.4 is 10.6 Å². The summed E-state index contributed by atoms with van der Waals surface area (Å²) < 4.78 is 5.96. The number of nitrogens with one attached hydrogen (secondary N) is 2. The van der Waals surface area contributed by atoms with Crippen LogP contribution in [0, 0.1) is 10.1 Å². The fraction of sp³-hybridized carbons (Fsp3) is 0.300. The molecule has 0 spiro atoms. The topological polar surface area (TPSA) is 101 Å². The van der Waals surface area contributed by atoms with E-state index in [-0.39, 0.29) is 16.6 Å². The molecule has 2 heterocycles. The normalized spacial score (nSPS) is 16.1. The molecule has 1 atom stereocenters. The van der Waals surface area contributed by atoms with Crippen molar-refractivity contribution in [3.8, 4) is 11.3 Å². The Kier molecular flexibility index (Phi) is 6.42. The lowest BCUT2D eigenvalue weighted by Gasteiger charge is -2.31. The van der Waals surface area contributed by atoms with Crippen LogP contribution in [0.4, 0.5) is 5.69 Å². The summed E-state index contributed by atoms with van der Waals surface area (Å²) in [6.45, 7) is 6.72. The van der Waals surface area contributed by atoms with Crippen molar-refractivity contribution in [2.24, 2.45) is 0 Å². The van der Waals surface area contributed by atoms with Crippen molar-refractivity contribution < 1.29 is 14.1 Å². The minimum Gasteiger partial charge on any atom is -0.458 e. The van der Waals surface area contributed by atoms with E-state index in [1.165, 1.54) is 12.1 Å². The van der Waals surface area contributed by atoms with Crippen molar-refractivity contribution in [3.63, 3.8) is 0 Å². The summed E-state index contributed by atoms with van der Waals surface area (Å²) in [4.78, 5) is 25.7. The summed E-state index contributed by atoms with van der Waals surface area (Å²) in [6, 6.07) is 7.06. The number of likely N-dealkylation sites (N-methyl/N-ethyl adjacent to an activating group) is 1. The molecule has 2 aromatic rings. The van der Waals surface area contributed by atoms with E-state index in [9.17, 15) is 14.9 Å². The first-order chi connectivity index (χ1) is 14.3. The molecule has 30 heavy (non-hydrogen) atoms. The molecule has 8 nitrogen and oxygen atoms in total. The van der Waals surface area contributed by atoms with E-state index < -0.39 is 11.0 Å². The van der Waals surface area contributed by atoms with Crippen molar-refractivity contribution in [2.45, 2.75) is 26.8 Å². The fourth-order valence-corrected chi connectivity index (χ4v) is 3.83. The summed E-state index contributed by atoms with van der Waals surface area (Å²) >= 11 is 11.2. The van der Waals surface area contributed by atoms with Crippen molar-refractivity contribution >= 4 is 40.5 Å². The molecule has 10 heteroatoms. The molecule has 0 saturated carbocycles. The van der Waals surface area contributed by atoms with E-state index in [1.807, 2.05) is 13.8 Å². The first kappa shape index (κ1) is 21.8. The van der Waals surface area contributed by atoms with Gasteiger partial charge in [-0.15, -0.1) is 0 Å². The highest BCUT2D eigenvalue weighted by molar-refractivity contribution is 7.80. The Balaban J connectivity index is 2.05. The van der Waals surface area contributed by atoms with Crippen LogP contribution in [0.2, 0.25) is 5.02 Å². The van der Waals surface area contributed by atoms with Gasteiger partial charge in [-0.1, -0.05) is 11.6 Å². The van der Waals surface area contributed by atoms with E-state index in [2.05, 4.69) is 10.6 Å². The average molecular weight is 449 g/mol. The van der Waals surface area contributed by atoms with Gasteiger partial charge in [0.1, 0.15) is 17.6 Å². The van der Waals surface area contributed by atoms with Crippen LogP contribution in [-0.4, -0.2) is 33.9 Å². The highest BCUT2D eigenvalue weighted by Gasteiger charge is 2.34. The van der Waals surface area contributed by atoms with Gasteiger partial charge < -0.3 is 20.0 Å². The third kappa shape index (κ3) is 4.17. The zero-order valence-electron chi connectivity index (χ0n) is 16.7. The smallest absolute Gasteiger partial charge is 0.281 e. The Morgan fingerprint density at radius 2 is 2.00 bits per heavy atom. The molecule has 1 aromatic heterocycles. The van der Waals surface area contributed by atoms with Gasteiger partial charge in [0, 0.05) is 29.9 Å². The number of hydrogen-bond donors (Lipinski definition) is 2. The van der Waals surface area contributed by atoms with Gasteiger partial charge in [0.25, 0.3) is 11.6 Å². The van der Waals surface area contributed by atoms with Gasteiger partial charge in [-0.05, 0) is 57.3 Å². The molecule has 1 aromatic carbocycles. The lowest BCUT2D eigenvalue weighted by molar-refractivity contribution is -0.384. The number of carbonyl (C=O) groups is 1. The van der Waals surface area contributed by atoms with Gasteiger partial charge in [0.2, 0.25) is 0 Å². The molecular formula is C20H21ClN4O4S. The second-order valence-corrected chi connectivity index (χ2v) is 7.51. The van der Waals surface area contributed by atoms with Gasteiger partial charge in [0.05, 0.1) is 16.1 Å². The third-order valence-electron chi connectivity index (χ3n) is 4.88. The molecule has 0 aliphatic carbocycles. The Labute approximate surface area is 184 Å². The molecule has 2 N–H and O–H groups in total. The number of nitro benzene ring substituents is 1. The predicted molar refractivity (Wildman–Crippen MR) is 118 cm³/mol. The van der Waals surface area contributed by atoms with Crippen molar-refractivity contribution in [1.29, 1.82) is 0 Å². The molecular weight excluding hydrogens is 428 g/mol. The molecule has 158 valence electrons. The summed E-state index contributed by atoms with van der Waals surface area (Å²) in [5, 5.41) is 18.1. The molecule has 1 aliphatic heterocycles. The maximum Gasteiger partial charge on any atom is 0.281 e. The number of furan rings is 1. The zero-order chi connectivity index (χ0) is 22.0. The lowest BCUT2D eigenvalue weighted by atomic mass is 9.99. The van der Waals surface area contributed by atoms with Crippen LogP contribution in [0.25, 0.3) is 11.3 Å². The average Bonchev–Trinajstić information content (AvgIpc) is 3.18. The molecule has 0 saturated heterocycles. The molecule has 0 unspecified atom stereocenters. The van der Waals surface area contributed by atoms with Crippen LogP contribution in [0.5, 0.6) is 0 Å². The largest absolute Gasteiger partial charge is 0.458 e. The van der Waals surface area contributed by atoms with Crippen LogP contribution in [0.15, 0.2) is 46.0 Å². The minimum atomic E-state index is -0.619. The van der Waals surface area contributed by atoms with Crippen LogP contribution >= 0.6 is 23.8 Å². The number of carbonyl (C=O) groups excluding carboxylic acids is 1. The first-order valence-electron chi connectivity index (χ1n) is 9.38. The number of allylic oxidation sites excluding steroid dienone is 1. The lowest BCUT2D eigenvalue weighted by Crippen LogP contribution is -2.47. The van der Waals surface area contributed by atoms with Crippen molar-refractivity contribution in [1.82, 2.24) is 15.5 Å². The quantitative estimate of drug-likeness (QED) is 0.388. The Morgan fingerprint density at radius 3 is 2.63 bits per heavy atom. The number of amides is 1. The molecule has 1 amide bonds. The van der Waals surface area contributed by atoms with E-state index >= 15 is 0 Å². The van der Waals surface area contributed by atoms with Crippen LogP contribution in [-0.2, 0) is 4.79 Å². The van der Waals surface area contributed by atoms with E-state index in [0.29, 0.717) is 46.6 Å². The summed E-state index contributed by atoms with van der Waals surface area (Å²) in [6.07, 6.45) is 0. The standard InChI is InChI=1S/C20H21ClN4O4S/c1-4-24(5-2)19(26)17-11(3)22-20(30)23-18(17)16-9-8-15(29-16)13-7-6-12(21)10-14(13)25(27)28/h6-10,18H,4-5H2,1-3H3,(H2,22,23,30)/t18-/m1/s1. The number of nitro groups is 1.